The molecule has 0 spiro atoms. The van der Waals surface area contributed by atoms with Gasteiger partial charge in [-0.3, -0.25) is 0 Å². The molecule has 6 heteroatoms. The molecule has 0 fully saturated rings. The fraction of sp³-hybridized carbons (Fsp3) is 0.417. The summed E-state index contributed by atoms with van der Waals surface area (Å²) in [6, 6.07) is 7.87. The lowest BCUT2D eigenvalue weighted by molar-refractivity contribution is 0.0785. The first-order valence-electron chi connectivity index (χ1n) is 5.40. The van der Waals surface area contributed by atoms with E-state index in [1.54, 1.807) is 19.2 Å². The highest BCUT2D eigenvalue weighted by Crippen LogP contribution is 2.12. The second-order valence-electron chi connectivity index (χ2n) is 3.56. The number of ether oxygens (including phenoxy) is 2. The highest BCUT2D eigenvalue weighted by Gasteiger charge is 2.14. The molecule has 1 rings (SSSR count). The van der Waals surface area contributed by atoms with E-state index in [1.807, 2.05) is 6.07 Å². The Morgan fingerprint density at radius 2 is 2.06 bits per heavy atom. The zero-order valence-corrected chi connectivity index (χ0v) is 10.9. The highest BCUT2D eigenvalue weighted by molar-refractivity contribution is 7.91. The average Bonchev–Trinajstić information content (AvgIpc) is 2.38. The molecule has 5 nitrogen and oxygen atoms in total. The number of methoxy groups -OCH3 is 1. The Balaban J connectivity index is 2.60. The molecule has 0 radical (unpaired) electrons. The molecule has 0 aromatic heterocycles. The van der Waals surface area contributed by atoms with Gasteiger partial charge in [0, 0.05) is 7.11 Å². The predicted molar refractivity (Wildman–Crippen MR) is 65.9 cm³/mol. The fourth-order valence-corrected chi connectivity index (χ4v) is 2.46. The van der Waals surface area contributed by atoms with Crippen LogP contribution in [0.2, 0.25) is 0 Å². The van der Waals surface area contributed by atoms with E-state index in [9.17, 15) is 8.42 Å². The van der Waals surface area contributed by atoms with Crippen molar-refractivity contribution in [3.05, 3.63) is 29.8 Å². The van der Waals surface area contributed by atoms with E-state index in [4.69, 9.17) is 14.7 Å². The van der Waals surface area contributed by atoms with Crippen LogP contribution in [0.25, 0.3) is 0 Å². The van der Waals surface area contributed by atoms with E-state index in [1.165, 1.54) is 12.1 Å². The summed E-state index contributed by atoms with van der Waals surface area (Å²) in [7, 11) is -1.85. The van der Waals surface area contributed by atoms with Crippen LogP contribution in [0.5, 0.6) is 0 Å². The van der Waals surface area contributed by atoms with Crippen molar-refractivity contribution in [3.8, 4) is 6.07 Å². The van der Waals surface area contributed by atoms with Gasteiger partial charge in [0.25, 0.3) is 0 Å². The van der Waals surface area contributed by atoms with Gasteiger partial charge in [0.15, 0.2) is 9.84 Å². The van der Waals surface area contributed by atoms with Crippen LogP contribution in [-0.2, 0) is 19.3 Å². The minimum Gasteiger partial charge on any atom is -0.382 e. The molecule has 0 aliphatic heterocycles. The van der Waals surface area contributed by atoms with Crippen LogP contribution in [-0.4, -0.2) is 41.1 Å². The quantitative estimate of drug-likeness (QED) is 0.690. The average molecular weight is 269 g/mol. The predicted octanol–water partition coefficient (Wildman–Crippen LogP) is 0.995. The summed E-state index contributed by atoms with van der Waals surface area (Å²) in [6.45, 7) is 0.913. The molecular weight excluding hydrogens is 254 g/mol. The molecule has 0 N–H and O–H groups in total. The smallest absolute Gasteiger partial charge is 0.180 e. The fourth-order valence-electron chi connectivity index (χ4n) is 1.29. The Bertz CT molecular complexity index is 519. The molecule has 0 saturated heterocycles. The van der Waals surface area contributed by atoms with Crippen molar-refractivity contribution in [3.63, 3.8) is 0 Å². The zero-order chi connectivity index (χ0) is 13.4. The van der Waals surface area contributed by atoms with Crippen LogP contribution in [0, 0.1) is 11.3 Å². The molecule has 98 valence electrons. The lowest BCUT2D eigenvalue weighted by Crippen LogP contribution is -2.14. The van der Waals surface area contributed by atoms with Crippen LogP contribution >= 0.6 is 0 Å². The minimum absolute atomic E-state index is 0.106. The minimum atomic E-state index is -3.40. The molecule has 0 bridgehead atoms. The van der Waals surface area contributed by atoms with E-state index in [2.05, 4.69) is 0 Å². The first-order chi connectivity index (χ1) is 8.60. The summed E-state index contributed by atoms with van der Waals surface area (Å²) >= 11 is 0. The van der Waals surface area contributed by atoms with Crippen LogP contribution < -0.4 is 0 Å². The molecule has 0 saturated carbocycles. The van der Waals surface area contributed by atoms with Crippen molar-refractivity contribution in [2.75, 3.05) is 32.7 Å². The van der Waals surface area contributed by atoms with Gasteiger partial charge in [-0.25, -0.2) is 8.42 Å². The van der Waals surface area contributed by atoms with Crippen LogP contribution in [0.3, 0.4) is 0 Å². The van der Waals surface area contributed by atoms with E-state index in [0.717, 1.165) is 0 Å². The van der Waals surface area contributed by atoms with E-state index < -0.39 is 9.84 Å². The molecule has 1 aromatic rings. The van der Waals surface area contributed by atoms with E-state index in [0.29, 0.717) is 18.8 Å². The number of rotatable bonds is 7. The van der Waals surface area contributed by atoms with Gasteiger partial charge in [-0.15, -0.1) is 0 Å². The first-order valence-corrected chi connectivity index (χ1v) is 7.05. The topological polar surface area (TPSA) is 76.4 Å². The molecule has 0 aliphatic carbocycles. The van der Waals surface area contributed by atoms with Gasteiger partial charge in [-0.1, -0.05) is 6.07 Å². The Labute approximate surface area is 107 Å². The number of nitriles is 1. The normalized spacial score (nSPS) is 11.1. The molecule has 0 unspecified atom stereocenters. The number of hydrogen-bond donors (Lipinski definition) is 0. The number of benzene rings is 1. The van der Waals surface area contributed by atoms with Gasteiger partial charge in [0.1, 0.15) is 0 Å². The molecule has 0 amide bonds. The van der Waals surface area contributed by atoms with Gasteiger partial charge in [-0.2, -0.15) is 5.26 Å². The number of sulfone groups is 1. The molecular formula is C12H15NO4S. The Morgan fingerprint density at radius 1 is 1.28 bits per heavy atom. The SMILES string of the molecule is COCCOCCS(=O)(=O)c1cccc(C#N)c1. The Hall–Kier alpha value is -1.42. The highest BCUT2D eigenvalue weighted by atomic mass is 32.2. The van der Waals surface area contributed by atoms with Crippen molar-refractivity contribution in [2.45, 2.75) is 4.90 Å². The van der Waals surface area contributed by atoms with Crippen molar-refractivity contribution >= 4 is 9.84 Å². The summed E-state index contributed by atoms with van der Waals surface area (Å²) in [5, 5.41) is 8.72. The third-order valence-corrected chi connectivity index (χ3v) is 3.93. The summed E-state index contributed by atoms with van der Waals surface area (Å²) in [5.74, 6) is -0.106. The van der Waals surface area contributed by atoms with E-state index >= 15 is 0 Å². The van der Waals surface area contributed by atoms with Crippen LogP contribution in [0.15, 0.2) is 29.2 Å². The van der Waals surface area contributed by atoms with Crippen molar-refractivity contribution in [1.29, 1.82) is 5.26 Å². The van der Waals surface area contributed by atoms with Crippen LogP contribution in [0.1, 0.15) is 5.56 Å². The van der Waals surface area contributed by atoms with Gasteiger partial charge in [0.2, 0.25) is 0 Å². The Morgan fingerprint density at radius 3 is 2.72 bits per heavy atom. The second-order valence-corrected chi connectivity index (χ2v) is 5.67. The third-order valence-electron chi connectivity index (χ3n) is 2.25. The maximum absolute atomic E-state index is 11.9. The van der Waals surface area contributed by atoms with Crippen molar-refractivity contribution < 1.29 is 17.9 Å². The summed E-state index contributed by atoms with van der Waals surface area (Å²) in [4.78, 5) is 0.150. The molecule has 0 atom stereocenters. The zero-order valence-electron chi connectivity index (χ0n) is 10.1. The lowest BCUT2D eigenvalue weighted by Gasteiger charge is -2.05. The molecule has 1 aromatic carbocycles. The molecule has 18 heavy (non-hydrogen) atoms. The monoisotopic (exact) mass is 269 g/mol. The van der Waals surface area contributed by atoms with Crippen molar-refractivity contribution in [1.82, 2.24) is 0 Å². The lowest BCUT2D eigenvalue weighted by atomic mass is 10.2. The standard InChI is InChI=1S/C12H15NO4S/c1-16-5-6-17-7-8-18(14,15)12-4-2-3-11(9-12)10-13/h2-4,9H,5-8H2,1H3. The molecule has 0 heterocycles. The molecule has 0 aliphatic rings. The third kappa shape index (κ3) is 4.45. The second kappa shape index (κ2) is 7.11. The van der Waals surface area contributed by atoms with E-state index in [-0.39, 0.29) is 17.3 Å². The van der Waals surface area contributed by atoms with Gasteiger partial charge in [-0.05, 0) is 18.2 Å². The van der Waals surface area contributed by atoms with Gasteiger partial charge < -0.3 is 9.47 Å². The summed E-state index contributed by atoms with van der Waals surface area (Å²) < 4.78 is 33.7. The maximum atomic E-state index is 11.9. The first kappa shape index (κ1) is 14.6. The summed E-state index contributed by atoms with van der Waals surface area (Å²) in [5.41, 5.74) is 0.330. The van der Waals surface area contributed by atoms with Gasteiger partial charge in [0.05, 0.1) is 42.1 Å². The summed E-state index contributed by atoms with van der Waals surface area (Å²) in [6.07, 6.45) is 0. The van der Waals surface area contributed by atoms with Gasteiger partial charge >= 0.3 is 0 Å². The Kier molecular flexibility index (Phi) is 5.78. The maximum Gasteiger partial charge on any atom is 0.180 e. The number of nitrogens with zero attached hydrogens (tertiary/aromatic N) is 1. The van der Waals surface area contributed by atoms with Crippen LogP contribution in [0.4, 0.5) is 0 Å². The number of hydrogen-bond acceptors (Lipinski definition) is 5. The largest absolute Gasteiger partial charge is 0.382 e. The van der Waals surface area contributed by atoms with Crippen molar-refractivity contribution in [2.24, 2.45) is 0 Å².